The molecule has 3 heteroatoms. The van der Waals surface area contributed by atoms with Gasteiger partial charge in [0.25, 0.3) is 0 Å². The largest absolute Gasteiger partial charge is 0.299 e. The predicted octanol–water partition coefficient (Wildman–Crippen LogP) is 1.70. The molecule has 0 aromatic heterocycles. The van der Waals surface area contributed by atoms with Crippen molar-refractivity contribution < 1.29 is 0 Å². The third-order valence-electron chi connectivity index (χ3n) is 2.00. The van der Waals surface area contributed by atoms with Gasteiger partial charge >= 0.3 is 0 Å². The number of benzene rings is 1. The second-order valence-corrected chi connectivity index (χ2v) is 3.14. The summed E-state index contributed by atoms with van der Waals surface area (Å²) in [6.45, 7) is 0.899. The second kappa shape index (κ2) is 2.43. The molecule has 1 aliphatic rings. The molecule has 1 heterocycles. The Kier molecular flexibility index (Phi) is 1.55. The molecule has 0 aliphatic carbocycles. The fraction of sp³-hybridized carbons (Fsp3) is 0.250. The molecule has 0 unspecified atom stereocenters. The lowest BCUT2D eigenvalue weighted by Gasteiger charge is -2.19. The predicted molar refractivity (Wildman–Crippen MR) is 49.4 cm³/mol. The molecule has 2 nitrogen and oxygen atoms in total. The first-order chi connectivity index (χ1) is 5.29. The SMILES string of the molecule is CN1c2ccccc2CN1S. The Labute approximate surface area is 71.9 Å². The van der Waals surface area contributed by atoms with E-state index in [-0.39, 0.29) is 0 Å². The molecule has 58 valence electrons. The highest BCUT2D eigenvalue weighted by molar-refractivity contribution is 7.77. The topological polar surface area (TPSA) is 6.48 Å². The lowest BCUT2D eigenvalue weighted by Crippen LogP contribution is -2.24. The molecule has 11 heavy (non-hydrogen) atoms. The molecule has 0 fully saturated rings. The van der Waals surface area contributed by atoms with E-state index in [1.807, 2.05) is 22.5 Å². The molecule has 0 saturated heterocycles. The van der Waals surface area contributed by atoms with Crippen LogP contribution in [0, 0.1) is 0 Å². The summed E-state index contributed by atoms with van der Waals surface area (Å²) in [6.07, 6.45) is 0. The van der Waals surface area contributed by atoms with Gasteiger partial charge in [-0.1, -0.05) is 31.0 Å². The van der Waals surface area contributed by atoms with E-state index in [4.69, 9.17) is 0 Å². The first kappa shape index (κ1) is 7.00. The van der Waals surface area contributed by atoms with Gasteiger partial charge in [-0.3, -0.25) is 5.01 Å². The Balaban J connectivity index is 2.47. The fourth-order valence-electron chi connectivity index (χ4n) is 1.34. The lowest BCUT2D eigenvalue weighted by atomic mass is 10.2. The van der Waals surface area contributed by atoms with E-state index in [0.717, 1.165) is 6.54 Å². The van der Waals surface area contributed by atoms with Crippen LogP contribution in [0.4, 0.5) is 5.69 Å². The van der Waals surface area contributed by atoms with Crippen LogP contribution in [0.15, 0.2) is 24.3 Å². The Bertz CT molecular complexity index is 275. The molecule has 0 amide bonds. The summed E-state index contributed by atoms with van der Waals surface area (Å²) in [6, 6.07) is 8.33. The average Bonchev–Trinajstić information content (AvgIpc) is 2.30. The summed E-state index contributed by atoms with van der Waals surface area (Å²) in [4.78, 5) is 0. The summed E-state index contributed by atoms with van der Waals surface area (Å²) < 4.78 is 1.89. The zero-order valence-corrected chi connectivity index (χ0v) is 7.25. The van der Waals surface area contributed by atoms with E-state index in [2.05, 4.69) is 31.0 Å². The van der Waals surface area contributed by atoms with Crippen molar-refractivity contribution in [2.24, 2.45) is 0 Å². The van der Waals surface area contributed by atoms with Crippen LogP contribution >= 0.6 is 12.8 Å². The minimum absolute atomic E-state index is 0.899. The molecule has 1 aliphatic heterocycles. The Morgan fingerprint density at radius 2 is 2.09 bits per heavy atom. The van der Waals surface area contributed by atoms with Crippen molar-refractivity contribution in [1.29, 1.82) is 0 Å². The number of hydrogen-bond donors (Lipinski definition) is 1. The third-order valence-corrected chi connectivity index (χ3v) is 2.41. The van der Waals surface area contributed by atoms with Crippen molar-refractivity contribution in [2.45, 2.75) is 6.54 Å². The van der Waals surface area contributed by atoms with Crippen molar-refractivity contribution >= 4 is 18.5 Å². The van der Waals surface area contributed by atoms with Crippen LogP contribution in [0.5, 0.6) is 0 Å². The molecule has 0 atom stereocenters. The summed E-state index contributed by atoms with van der Waals surface area (Å²) >= 11 is 4.29. The van der Waals surface area contributed by atoms with Gasteiger partial charge in [-0.15, -0.1) is 0 Å². The molecule has 1 aromatic carbocycles. The van der Waals surface area contributed by atoms with Gasteiger partial charge in [0.1, 0.15) is 0 Å². The molecular weight excluding hydrogens is 156 g/mol. The average molecular weight is 166 g/mol. The maximum atomic E-state index is 4.29. The van der Waals surface area contributed by atoms with Crippen LogP contribution in [0.1, 0.15) is 5.56 Å². The normalized spacial score (nSPS) is 17.1. The first-order valence-electron chi connectivity index (χ1n) is 3.57. The Morgan fingerprint density at radius 3 is 2.82 bits per heavy atom. The molecule has 0 N–H and O–H groups in total. The zero-order valence-electron chi connectivity index (χ0n) is 6.36. The van der Waals surface area contributed by atoms with Crippen LogP contribution in [-0.4, -0.2) is 11.5 Å². The molecule has 0 bridgehead atoms. The number of fused-ring (bicyclic) bond motifs is 1. The van der Waals surface area contributed by atoms with Crippen molar-refractivity contribution in [2.75, 3.05) is 12.1 Å². The first-order valence-corrected chi connectivity index (χ1v) is 3.97. The minimum atomic E-state index is 0.899. The molecule has 0 spiro atoms. The Hall–Kier alpha value is -0.670. The van der Waals surface area contributed by atoms with Gasteiger partial charge in [0, 0.05) is 7.05 Å². The van der Waals surface area contributed by atoms with Crippen molar-refractivity contribution in [1.82, 2.24) is 4.41 Å². The number of thiol groups is 1. The smallest absolute Gasteiger partial charge is 0.0574 e. The van der Waals surface area contributed by atoms with E-state index in [9.17, 15) is 0 Å². The maximum absolute atomic E-state index is 4.29. The van der Waals surface area contributed by atoms with Crippen LogP contribution in [-0.2, 0) is 6.54 Å². The number of nitrogens with zero attached hydrogens (tertiary/aromatic N) is 2. The highest BCUT2D eigenvalue weighted by atomic mass is 32.1. The molecule has 1 aromatic rings. The van der Waals surface area contributed by atoms with Gasteiger partial charge in [0.2, 0.25) is 0 Å². The molecule has 2 rings (SSSR count). The van der Waals surface area contributed by atoms with Gasteiger partial charge in [-0.25, -0.2) is 0 Å². The highest BCUT2D eigenvalue weighted by Gasteiger charge is 2.20. The standard InChI is InChI=1S/C8H10N2S/c1-9-8-5-3-2-4-7(8)6-10(9)11/h2-5,11H,6H2,1H3. The molecule has 0 radical (unpaired) electrons. The van der Waals surface area contributed by atoms with Crippen LogP contribution in [0.25, 0.3) is 0 Å². The molecule has 0 saturated carbocycles. The minimum Gasteiger partial charge on any atom is -0.299 e. The number of hydrogen-bond acceptors (Lipinski definition) is 3. The highest BCUT2D eigenvalue weighted by Crippen LogP contribution is 2.29. The fourth-order valence-corrected chi connectivity index (χ4v) is 1.59. The lowest BCUT2D eigenvalue weighted by molar-refractivity contribution is 0.501. The summed E-state index contributed by atoms with van der Waals surface area (Å²) in [7, 11) is 2.01. The maximum Gasteiger partial charge on any atom is 0.0574 e. The van der Waals surface area contributed by atoms with E-state index in [1.54, 1.807) is 0 Å². The van der Waals surface area contributed by atoms with Crippen molar-refractivity contribution in [3.05, 3.63) is 29.8 Å². The van der Waals surface area contributed by atoms with Gasteiger partial charge in [-0.2, -0.15) is 4.41 Å². The number of hydrazine groups is 1. The van der Waals surface area contributed by atoms with Crippen LogP contribution in [0.2, 0.25) is 0 Å². The van der Waals surface area contributed by atoms with Gasteiger partial charge in [0.15, 0.2) is 0 Å². The Morgan fingerprint density at radius 1 is 1.36 bits per heavy atom. The van der Waals surface area contributed by atoms with Gasteiger partial charge < -0.3 is 0 Å². The van der Waals surface area contributed by atoms with E-state index < -0.39 is 0 Å². The van der Waals surface area contributed by atoms with Crippen LogP contribution < -0.4 is 5.01 Å². The zero-order chi connectivity index (χ0) is 7.84. The van der Waals surface area contributed by atoms with Gasteiger partial charge in [0.05, 0.1) is 12.2 Å². The number of anilines is 1. The number of rotatable bonds is 0. The summed E-state index contributed by atoms with van der Waals surface area (Å²) in [5.74, 6) is 0. The van der Waals surface area contributed by atoms with E-state index >= 15 is 0 Å². The second-order valence-electron chi connectivity index (χ2n) is 2.68. The van der Waals surface area contributed by atoms with Crippen molar-refractivity contribution in [3.63, 3.8) is 0 Å². The quantitative estimate of drug-likeness (QED) is 0.586. The van der Waals surface area contributed by atoms with Gasteiger partial charge in [-0.05, 0) is 11.6 Å². The molecular formula is C8H10N2S. The van der Waals surface area contributed by atoms with E-state index in [0.29, 0.717) is 0 Å². The van der Waals surface area contributed by atoms with Crippen molar-refractivity contribution in [3.8, 4) is 0 Å². The monoisotopic (exact) mass is 166 g/mol. The van der Waals surface area contributed by atoms with Crippen LogP contribution in [0.3, 0.4) is 0 Å². The van der Waals surface area contributed by atoms with E-state index in [1.165, 1.54) is 11.3 Å². The third kappa shape index (κ3) is 1.01. The number of para-hydroxylation sites is 1. The summed E-state index contributed by atoms with van der Waals surface area (Å²) in [5.41, 5.74) is 2.59. The summed E-state index contributed by atoms with van der Waals surface area (Å²) in [5, 5.41) is 2.04.